The lowest BCUT2D eigenvalue weighted by Gasteiger charge is -2.08. The molecule has 0 radical (unpaired) electrons. The van der Waals surface area contributed by atoms with Crippen LogP contribution in [-0.2, 0) is 4.79 Å². The van der Waals surface area contributed by atoms with Gasteiger partial charge in [0, 0.05) is 22.5 Å². The Bertz CT molecular complexity index is 472. The summed E-state index contributed by atoms with van der Waals surface area (Å²) in [5, 5.41) is 8.58. The number of aliphatic carboxylic acids is 1. The monoisotopic (exact) mass is 294 g/mol. The van der Waals surface area contributed by atoms with Crippen molar-refractivity contribution >= 4 is 28.0 Å². The van der Waals surface area contributed by atoms with Gasteiger partial charge in [-0.05, 0) is 24.3 Å². The van der Waals surface area contributed by atoms with E-state index in [9.17, 15) is 4.79 Å². The summed E-state index contributed by atoms with van der Waals surface area (Å²) in [4.78, 5) is 10.5. The van der Waals surface area contributed by atoms with Gasteiger partial charge in [-0.25, -0.2) is 4.79 Å². The third-order valence-electron chi connectivity index (χ3n) is 1.88. The van der Waals surface area contributed by atoms with Crippen LogP contribution >= 0.6 is 15.9 Å². The van der Waals surface area contributed by atoms with Crippen LogP contribution in [0.25, 0.3) is 6.08 Å². The minimum absolute atomic E-state index is 0.409. The van der Waals surface area contributed by atoms with E-state index in [0.29, 0.717) is 24.3 Å². The number of hydrogen-bond acceptors (Lipinski definition) is 2. The van der Waals surface area contributed by atoms with Gasteiger partial charge in [-0.15, -0.1) is 12.3 Å². The molecule has 0 aliphatic carbocycles. The zero-order valence-corrected chi connectivity index (χ0v) is 10.6. The van der Waals surface area contributed by atoms with E-state index < -0.39 is 5.97 Å². The second-order valence-electron chi connectivity index (χ2n) is 3.16. The Hall–Kier alpha value is -1.73. The van der Waals surface area contributed by atoms with Crippen molar-refractivity contribution in [1.82, 2.24) is 0 Å². The summed E-state index contributed by atoms with van der Waals surface area (Å²) in [5.41, 5.74) is 0.693. The average molecular weight is 295 g/mol. The molecule has 1 aromatic rings. The lowest BCUT2D eigenvalue weighted by Crippen LogP contribution is -1.97. The highest BCUT2D eigenvalue weighted by Gasteiger charge is 2.02. The first kappa shape index (κ1) is 13.3. The van der Waals surface area contributed by atoms with Crippen molar-refractivity contribution in [2.24, 2.45) is 0 Å². The first-order chi connectivity index (χ1) is 8.13. The molecule has 0 amide bonds. The number of rotatable bonds is 5. The zero-order chi connectivity index (χ0) is 12.7. The summed E-state index contributed by atoms with van der Waals surface area (Å²) in [5.74, 6) is 2.08. The van der Waals surface area contributed by atoms with Crippen LogP contribution in [0, 0.1) is 12.3 Å². The molecule has 0 heterocycles. The maximum absolute atomic E-state index is 10.5. The maximum atomic E-state index is 10.5. The molecule has 1 rings (SSSR count). The molecule has 0 fully saturated rings. The van der Waals surface area contributed by atoms with Gasteiger partial charge >= 0.3 is 5.97 Å². The lowest BCUT2D eigenvalue weighted by atomic mass is 10.2. The van der Waals surface area contributed by atoms with Crippen molar-refractivity contribution in [2.75, 3.05) is 6.61 Å². The van der Waals surface area contributed by atoms with Gasteiger partial charge in [-0.1, -0.05) is 15.9 Å². The van der Waals surface area contributed by atoms with Crippen LogP contribution in [0.1, 0.15) is 12.0 Å². The number of benzene rings is 1. The smallest absolute Gasteiger partial charge is 0.328 e. The predicted octanol–water partition coefficient (Wildman–Crippen LogP) is 2.95. The SMILES string of the molecule is C#CCCOc1ccc(Br)cc1/C=C/C(=O)O. The minimum Gasteiger partial charge on any atom is -0.492 e. The fraction of sp³-hybridized carbons (Fsp3) is 0.154. The molecule has 0 saturated heterocycles. The van der Waals surface area contributed by atoms with E-state index in [1.807, 2.05) is 6.07 Å². The topological polar surface area (TPSA) is 46.5 Å². The summed E-state index contributed by atoms with van der Waals surface area (Å²) < 4.78 is 6.31. The quantitative estimate of drug-likeness (QED) is 0.516. The third kappa shape index (κ3) is 4.75. The third-order valence-corrected chi connectivity index (χ3v) is 2.37. The molecule has 0 saturated carbocycles. The molecular weight excluding hydrogens is 284 g/mol. The van der Waals surface area contributed by atoms with Crippen LogP contribution < -0.4 is 4.74 Å². The maximum Gasteiger partial charge on any atom is 0.328 e. The van der Waals surface area contributed by atoms with Crippen LogP contribution in [0.5, 0.6) is 5.75 Å². The number of carboxylic acids is 1. The van der Waals surface area contributed by atoms with Gasteiger partial charge in [0.25, 0.3) is 0 Å². The van der Waals surface area contributed by atoms with E-state index in [-0.39, 0.29) is 0 Å². The van der Waals surface area contributed by atoms with E-state index in [2.05, 4.69) is 21.9 Å². The number of ether oxygens (including phenoxy) is 1. The van der Waals surface area contributed by atoms with Crippen molar-refractivity contribution in [3.05, 3.63) is 34.3 Å². The van der Waals surface area contributed by atoms with Gasteiger partial charge < -0.3 is 9.84 Å². The van der Waals surface area contributed by atoms with E-state index in [1.165, 1.54) is 6.08 Å². The normalized spacial score (nSPS) is 10.1. The molecule has 1 aromatic carbocycles. The lowest BCUT2D eigenvalue weighted by molar-refractivity contribution is -0.131. The molecule has 3 nitrogen and oxygen atoms in total. The molecular formula is C13H11BrO3. The second-order valence-corrected chi connectivity index (χ2v) is 4.07. The van der Waals surface area contributed by atoms with Crippen LogP contribution in [0.3, 0.4) is 0 Å². The molecule has 0 spiro atoms. The Morgan fingerprint density at radius 2 is 2.35 bits per heavy atom. The Morgan fingerprint density at radius 1 is 1.59 bits per heavy atom. The van der Waals surface area contributed by atoms with Crippen LogP contribution in [0.4, 0.5) is 0 Å². The van der Waals surface area contributed by atoms with E-state index in [0.717, 1.165) is 10.5 Å². The Morgan fingerprint density at radius 3 is 3.00 bits per heavy atom. The van der Waals surface area contributed by atoms with Gasteiger partial charge in [0.15, 0.2) is 0 Å². The van der Waals surface area contributed by atoms with Gasteiger partial charge in [-0.3, -0.25) is 0 Å². The molecule has 0 aromatic heterocycles. The number of halogens is 1. The molecule has 0 aliphatic rings. The fourth-order valence-corrected chi connectivity index (χ4v) is 1.54. The van der Waals surface area contributed by atoms with Gasteiger partial charge in [0.1, 0.15) is 5.75 Å². The summed E-state index contributed by atoms with van der Waals surface area (Å²) >= 11 is 3.32. The van der Waals surface area contributed by atoms with Crippen molar-refractivity contribution in [2.45, 2.75) is 6.42 Å². The van der Waals surface area contributed by atoms with Crippen molar-refractivity contribution in [3.8, 4) is 18.1 Å². The molecule has 0 aliphatic heterocycles. The van der Waals surface area contributed by atoms with Gasteiger partial charge in [-0.2, -0.15) is 0 Å². The van der Waals surface area contributed by atoms with Crippen LogP contribution in [0.2, 0.25) is 0 Å². The summed E-state index contributed by atoms with van der Waals surface area (Å²) in [7, 11) is 0. The number of carboxylic acid groups (broad SMARTS) is 1. The van der Waals surface area contributed by atoms with Gasteiger partial charge in [0.2, 0.25) is 0 Å². The molecule has 17 heavy (non-hydrogen) atoms. The summed E-state index contributed by atoms with van der Waals surface area (Å²) in [6, 6.07) is 5.37. The zero-order valence-electron chi connectivity index (χ0n) is 9.02. The van der Waals surface area contributed by atoms with Crippen LogP contribution in [0.15, 0.2) is 28.7 Å². The average Bonchev–Trinajstić information content (AvgIpc) is 2.29. The summed E-state index contributed by atoms with van der Waals surface area (Å²) in [6.45, 7) is 0.409. The number of carbonyl (C=O) groups is 1. The molecule has 88 valence electrons. The van der Waals surface area contributed by atoms with E-state index in [1.54, 1.807) is 12.1 Å². The Labute approximate surface area is 108 Å². The Kier molecular flexibility index (Phi) is 5.31. The largest absolute Gasteiger partial charge is 0.492 e. The predicted molar refractivity (Wildman–Crippen MR) is 69.8 cm³/mol. The second kappa shape index (κ2) is 6.77. The first-order valence-corrected chi connectivity index (χ1v) is 5.69. The standard InChI is InChI=1S/C13H11BrO3/c1-2-3-8-17-12-6-5-11(14)9-10(12)4-7-13(15)16/h1,4-7,9H,3,8H2,(H,15,16)/b7-4+. The van der Waals surface area contributed by atoms with E-state index >= 15 is 0 Å². The molecule has 0 atom stereocenters. The van der Waals surface area contributed by atoms with Crippen LogP contribution in [-0.4, -0.2) is 17.7 Å². The summed E-state index contributed by atoms with van der Waals surface area (Å²) in [6.07, 6.45) is 8.19. The molecule has 4 heteroatoms. The highest BCUT2D eigenvalue weighted by Crippen LogP contribution is 2.24. The molecule has 1 N–H and O–H groups in total. The van der Waals surface area contributed by atoms with Crippen molar-refractivity contribution in [3.63, 3.8) is 0 Å². The Balaban J connectivity index is 2.88. The van der Waals surface area contributed by atoms with Gasteiger partial charge in [0.05, 0.1) is 6.61 Å². The first-order valence-electron chi connectivity index (χ1n) is 4.90. The highest BCUT2D eigenvalue weighted by atomic mass is 79.9. The number of terminal acetylenes is 1. The molecule has 0 unspecified atom stereocenters. The molecule has 0 bridgehead atoms. The fourth-order valence-electron chi connectivity index (χ4n) is 1.16. The highest BCUT2D eigenvalue weighted by molar-refractivity contribution is 9.10. The van der Waals surface area contributed by atoms with Crippen molar-refractivity contribution < 1.29 is 14.6 Å². The van der Waals surface area contributed by atoms with E-state index in [4.69, 9.17) is 16.3 Å². The minimum atomic E-state index is -1.00. The number of hydrogen-bond donors (Lipinski definition) is 1. The van der Waals surface area contributed by atoms with Crippen molar-refractivity contribution in [1.29, 1.82) is 0 Å².